The second-order valence-corrected chi connectivity index (χ2v) is 4.01. The van der Waals surface area contributed by atoms with Crippen molar-refractivity contribution >= 4 is 6.09 Å². The molecule has 0 spiro atoms. The lowest BCUT2D eigenvalue weighted by atomic mass is 10.3. The maximum Gasteiger partial charge on any atom is 0.415 e. The minimum Gasteiger partial charge on any atom is -0.493 e. The molecular formula is C12H16N2O3. The number of carbonyl (C=O) groups excluding carboxylic acids is 1. The number of methoxy groups -OCH3 is 1. The maximum absolute atomic E-state index is 11.8. The molecule has 5 heteroatoms. The predicted molar refractivity (Wildman–Crippen MR) is 63.2 cm³/mol. The third-order valence-electron chi connectivity index (χ3n) is 2.75. The van der Waals surface area contributed by atoms with Gasteiger partial charge in [0.2, 0.25) is 0 Å². The lowest BCUT2D eigenvalue weighted by Gasteiger charge is -2.16. The smallest absolute Gasteiger partial charge is 0.415 e. The number of nitrogens with zero attached hydrogens (tertiary/aromatic N) is 1. The number of hydrogen-bond acceptors (Lipinski definition) is 4. The second kappa shape index (κ2) is 5.05. The zero-order valence-electron chi connectivity index (χ0n) is 9.76. The first-order valence-electron chi connectivity index (χ1n) is 5.56. The summed E-state index contributed by atoms with van der Waals surface area (Å²) in [7, 11) is 1.54. The molecule has 1 aliphatic heterocycles. The van der Waals surface area contributed by atoms with Crippen LogP contribution >= 0.6 is 0 Å². The van der Waals surface area contributed by atoms with E-state index in [1.807, 2.05) is 6.07 Å². The summed E-state index contributed by atoms with van der Waals surface area (Å²) < 4.78 is 10.4. The average molecular weight is 236 g/mol. The standard InChI is InChI=1S/C12H16N2O3/c1-16-10-4-2-3-5-11(10)17-12(15)14-7-6-9(13)8-14/h2-5,9H,6-8,13H2,1H3. The lowest BCUT2D eigenvalue weighted by Crippen LogP contribution is -2.34. The molecule has 0 bridgehead atoms. The molecule has 2 rings (SSSR count). The van der Waals surface area contributed by atoms with Crippen molar-refractivity contribution in [2.24, 2.45) is 5.73 Å². The van der Waals surface area contributed by atoms with Crippen LogP contribution in [0.4, 0.5) is 4.79 Å². The van der Waals surface area contributed by atoms with Gasteiger partial charge < -0.3 is 20.1 Å². The number of amides is 1. The summed E-state index contributed by atoms with van der Waals surface area (Å²) in [5.74, 6) is 0.977. The molecule has 0 radical (unpaired) electrons. The molecule has 0 saturated carbocycles. The lowest BCUT2D eigenvalue weighted by molar-refractivity contribution is 0.160. The van der Waals surface area contributed by atoms with Gasteiger partial charge in [-0.05, 0) is 18.6 Å². The molecule has 1 fully saturated rings. The number of nitrogens with two attached hydrogens (primary N) is 1. The normalized spacial score (nSPS) is 19.2. The minimum absolute atomic E-state index is 0.0558. The monoisotopic (exact) mass is 236 g/mol. The Morgan fingerprint density at radius 1 is 1.41 bits per heavy atom. The summed E-state index contributed by atoms with van der Waals surface area (Å²) in [4.78, 5) is 13.4. The molecule has 1 aromatic carbocycles. The van der Waals surface area contributed by atoms with E-state index < -0.39 is 0 Å². The van der Waals surface area contributed by atoms with Crippen LogP contribution in [0.5, 0.6) is 11.5 Å². The van der Waals surface area contributed by atoms with Crippen LogP contribution in [0.15, 0.2) is 24.3 Å². The van der Waals surface area contributed by atoms with E-state index in [0.29, 0.717) is 24.6 Å². The molecule has 92 valence electrons. The van der Waals surface area contributed by atoms with Gasteiger partial charge in [-0.3, -0.25) is 0 Å². The van der Waals surface area contributed by atoms with Crippen molar-refractivity contribution in [1.82, 2.24) is 4.90 Å². The summed E-state index contributed by atoms with van der Waals surface area (Å²) >= 11 is 0. The molecule has 1 aromatic rings. The molecule has 0 aliphatic carbocycles. The van der Waals surface area contributed by atoms with Gasteiger partial charge in [0.05, 0.1) is 7.11 Å². The number of ether oxygens (including phenoxy) is 2. The molecular weight excluding hydrogens is 220 g/mol. The molecule has 1 heterocycles. The van der Waals surface area contributed by atoms with Gasteiger partial charge >= 0.3 is 6.09 Å². The number of hydrogen-bond donors (Lipinski definition) is 1. The maximum atomic E-state index is 11.8. The van der Waals surface area contributed by atoms with E-state index in [-0.39, 0.29) is 12.1 Å². The van der Waals surface area contributed by atoms with E-state index in [1.54, 1.807) is 30.2 Å². The zero-order valence-corrected chi connectivity index (χ0v) is 9.76. The Morgan fingerprint density at radius 2 is 2.12 bits per heavy atom. The van der Waals surface area contributed by atoms with Gasteiger partial charge in [-0.1, -0.05) is 12.1 Å². The zero-order chi connectivity index (χ0) is 12.3. The summed E-state index contributed by atoms with van der Waals surface area (Å²) in [5, 5.41) is 0. The van der Waals surface area contributed by atoms with Crippen molar-refractivity contribution in [2.75, 3.05) is 20.2 Å². The Morgan fingerprint density at radius 3 is 2.71 bits per heavy atom. The van der Waals surface area contributed by atoms with Crippen molar-refractivity contribution in [1.29, 1.82) is 0 Å². The van der Waals surface area contributed by atoms with E-state index in [9.17, 15) is 4.79 Å². The van der Waals surface area contributed by atoms with Crippen molar-refractivity contribution in [3.05, 3.63) is 24.3 Å². The highest BCUT2D eigenvalue weighted by molar-refractivity contribution is 5.72. The van der Waals surface area contributed by atoms with Gasteiger partial charge in [-0.2, -0.15) is 0 Å². The number of para-hydroxylation sites is 2. The largest absolute Gasteiger partial charge is 0.493 e. The van der Waals surface area contributed by atoms with Gasteiger partial charge in [-0.15, -0.1) is 0 Å². The topological polar surface area (TPSA) is 64.8 Å². The Balaban J connectivity index is 2.03. The number of carbonyl (C=O) groups is 1. The van der Waals surface area contributed by atoms with E-state index >= 15 is 0 Å². The summed E-state index contributed by atoms with van der Waals surface area (Å²) in [6, 6.07) is 7.12. The van der Waals surface area contributed by atoms with E-state index in [1.165, 1.54) is 0 Å². The fourth-order valence-electron chi connectivity index (χ4n) is 1.81. The van der Waals surface area contributed by atoms with Crippen molar-refractivity contribution in [2.45, 2.75) is 12.5 Å². The SMILES string of the molecule is COc1ccccc1OC(=O)N1CCC(N)C1. The van der Waals surface area contributed by atoms with E-state index in [2.05, 4.69) is 0 Å². The van der Waals surface area contributed by atoms with Crippen LogP contribution in [0.3, 0.4) is 0 Å². The number of likely N-dealkylation sites (tertiary alicyclic amines) is 1. The van der Waals surface area contributed by atoms with Gasteiger partial charge in [0.25, 0.3) is 0 Å². The quantitative estimate of drug-likeness (QED) is 0.838. The van der Waals surface area contributed by atoms with Crippen molar-refractivity contribution in [3.63, 3.8) is 0 Å². The average Bonchev–Trinajstić information content (AvgIpc) is 2.77. The predicted octanol–water partition coefficient (Wildman–Crippen LogP) is 1.23. The fourth-order valence-corrected chi connectivity index (χ4v) is 1.81. The van der Waals surface area contributed by atoms with Gasteiger partial charge in [0, 0.05) is 19.1 Å². The molecule has 1 amide bonds. The van der Waals surface area contributed by atoms with Gasteiger partial charge in [0.15, 0.2) is 11.5 Å². The van der Waals surface area contributed by atoms with E-state index in [4.69, 9.17) is 15.2 Å². The Hall–Kier alpha value is -1.75. The Kier molecular flexibility index (Phi) is 3.49. The molecule has 1 saturated heterocycles. The highest BCUT2D eigenvalue weighted by Crippen LogP contribution is 2.26. The van der Waals surface area contributed by atoms with Crippen molar-refractivity contribution in [3.8, 4) is 11.5 Å². The molecule has 2 N–H and O–H groups in total. The van der Waals surface area contributed by atoms with Gasteiger partial charge in [-0.25, -0.2) is 4.79 Å². The van der Waals surface area contributed by atoms with Crippen molar-refractivity contribution < 1.29 is 14.3 Å². The Labute approximate surface area is 100 Å². The van der Waals surface area contributed by atoms with Crippen LogP contribution in [-0.2, 0) is 0 Å². The third kappa shape index (κ3) is 2.68. The third-order valence-corrected chi connectivity index (χ3v) is 2.75. The molecule has 5 nitrogen and oxygen atoms in total. The minimum atomic E-state index is -0.373. The fraction of sp³-hybridized carbons (Fsp3) is 0.417. The molecule has 1 unspecified atom stereocenters. The first-order valence-corrected chi connectivity index (χ1v) is 5.56. The number of rotatable bonds is 2. The molecule has 17 heavy (non-hydrogen) atoms. The van der Waals surface area contributed by atoms with Crippen LogP contribution in [-0.4, -0.2) is 37.2 Å². The van der Waals surface area contributed by atoms with Crippen LogP contribution < -0.4 is 15.2 Å². The number of benzene rings is 1. The Bertz CT molecular complexity index is 408. The second-order valence-electron chi connectivity index (χ2n) is 4.01. The van der Waals surface area contributed by atoms with Gasteiger partial charge in [0.1, 0.15) is 0 Å². The first-order chi connectivity index (χ1) is 8.20. The molecule has 1 aliphatic rings. The van der Waals surface area contributed by atoms with E-state index in [0.717, 1.165) is 6.42 Å². The van der Waals surface area contributed by atoms with Crippen LogP contribution in [0.1, 0.15) is 6.42 Å². The molecule has 1 atom stereocenters. The summed E-state index contributed by atoms with van der Waals surface area (Å²) in [5.41, 5.74) is 5.74. The highest BCUT2D eigenvalue weighted by atomic mass is 16.6. The summed E-state index contributed by atoms with van der Waals surface area (Å²) in [6.07, 6.45) is 0.448. The van der Waals surface area contributed by atoms with Crippen LogP contribution in [0, 0.1) is 0 Å². The summed E-state index contributed by atoms with van der Waals surface area (Å²) in [6.45, 7) is 1.20. The van der Waals surface area contributed by atoms with Crippen LogP contribution in [0.25, 0.3) is 0 Å². The van der Waals surface area contributed by atoms with Crippen LogP contribution in [0.2, 0.25) is 0 Å². The molecule has 0 aromatic heterocycles. The highest BCUT2D eigenvalue weighted by Gasteiger charge is 2.25. The first kappa shape index (κ1) is 11.7.